The van der Waals surface area contributed by atoms with Gasteiger partial charge in [0.25, 0.3) is 5.91 Å². The zero-order chi connectivity index (χ0) is 19.8. The summed E-state index contributed by atoms with van der Waals surface area (Å²) >= 11 is 0. The number of amides is 1. The number of rotatable bonds is 4. The van der Waals surface area contributed by atoms with E-state index in [4.69, 9.17) is 0 Å². The third kappa shape index (κ3) is 3.83. The number of alkyl halides is 3. The van der Waals surface area contributed by atoms with Crippen molar-refractivity contribution in [3.05, 3.63) is 53.6 Å². The largest absolute Gasteiger partial charge is 0.417 e. The van der Waals surface area contributed by atoms with Crippen molar-refractivity contribution in [3.8, 4) is 5.82 Å². The average molecular weight is 378 g/mol. The van der Waals surface area contributed by atoms with Gasteiger partial charge in [0.2, 0.25) is 0 Å². The molecule has 0 aliphatic carbocycles. The molecule has 0 saturated carbocycles. The van der Waals surface area contributed by atoms with Gasteiger partial charge in [-0.3, -0.25) is 9.48 Å². The summed E-state index contributed by atoms with van der Waals surface area (Å²) in [6.07, 6.45) is -0.666. The van der Waals surface area contributed by atoms with Crippen LogP contribution in [0.5, 0.6) is 0 Å². The maximum Gasteiger partial charge on any atom is 0.417 e. The third-order valence-electron chi connectivity index (χ3n) is 3.85. The number of anilines is 1. The van der Waals surface area contributed by atoms with Crippen molar-refractivity contribution in [2.45, 2.75) is 25.9 Å². The van der Waals surface area contributed by atoms with Crippen LogP contribution in [0.4, 0.5) is 19.0 Å². The van der Waals surface area contributed by atoms with Gasteiger partial charge < -0.3 is 5.32 Å². The molecule has 1 amide bonds. The Morgan fingerprint density at radius 2 is 1.93 bits per heavy atom. The van der Waals surface area contributed by atoms with Crippen molar-refractivity contribution in [3.63, 3.8) is 0 Å². The van der Waals surface area contributed by atoms with Gasteiger partial charge in [0.1, 0.15) is 0 Å². The molecular weight excluding hydrogens is 361 g/mol. The van der Waals surface area contributed by atoms with Gasteiger partial charge in [0, 0.05) is 25.5 Å². The van der Waals surface area contributed by atoms with Gasteiger partial charge in [-0.15, -0.1) is 0 Å². The molecule has 3 aromatic heterocycles. The Kier molecular flexibility index (Phi) is 4.73. The Labute approximate surface area is 152 Å². The van der Waals surface area contributed by atoms with E-state index in [1.54, 1.807) is 24.0 Å². The molecule has 0 unspecified atom stereocenters. The van der Waals surface area contributed by atoms with Crippen molar-refractivity contribution < 1.29 is 18.0 Å². The molecular formula is C17H17F3N6O. The third-order valence-corrected chi connectivity index (χ3v) is 3.85. The van der Waals surface area contributed by atoms with Gasteiger partial charge in [-0.25, -0.2) is 9.67 Å². The summed E-state index contributed by atoms with van der Waals surface area (Å²) in [5.41, 5.74) is -0.00865. The van der Waals surface area contributed by atoms with Crippen LogP contribution in [0.15, 0.2) is 36.8 Å². The van der Waals surface area contributed by atoms with Crippen LogP contribution < -0.4 is 5.32 Å². The number of nitrogens with one attached hydrogen (secondary N) is 1. The van der Waals surface area contributed by atoms with E-state index in [0.29, 0.717) is 17.1 Å². The summed E-state index contributed by atoms with van der Waals surface area (Å²) in [7, 11) is 1.73. The molecule has 0 aliphatic heterocycles. The highest BCUT2D eigenvalue weighted by atomic mass is 19.4. The van der Waals surface area contributed by atoms with Crippen molar-refractivity contribution in [1.82, 2.24) is 24.5 Å². The average Bonchev–Trinajstić information content (AvgIpc) is 3.20. The molecule has 0 spiro atoms. The van der Waals surface area contributed by atoms with E-state index in [9.17, 15) is 18.0 Å². The van der Waals surface area contributed by atoms with E-state index in [2.05, 4.69) is 20.5 Å². The SMILES string of the molecule is CC(C)c1c(C(=O)Nc2ccn(C)n2)cnn1-c1ccc(C(F)(F)F)cn1. The van der Waals surface area contributed by atoms with Crippen LogP contribution in [-0.2, 0) is 13.2 Å². The van der Waals surface area contributed by atoms with Crippen LogP contribution in [0.25, 0.3) is 5.82 Å². The predicted octanol–water partition coefficient (Wildman–Crippen LogP) is 3.40. The van der Waals surface area contributed by atoms with Gasteiger partial charge in [-0.1, -0.05) is 13.8 Å². The first-order valence-electron chi connectivity index (χ1n) is 8.09. The molecule has 0 fully saturated rings. The molecule has 0 atom stereocenters. The number of aryl methyl sites for hydroxylation is 1. The lowest BCUT2D eigenvalue weighted by Crippen LogP contribution is -2.16. The summed E-state index contributed by atoms with van der Waals surface area (Å²) < 4.78 is 41.1. The van der Waals surface area contributed by atoms with Gasteiger partial charge in [0.15, 0.2) is 11.6 Å². The first kappa shape index (κ1) is 18.6. The summed E-state index contributed by atoms with van der Waals surface area (Å²) in [6, 6.07) is 3.80. The first-order valence-corrected chi connectivity index (χ1v) is 8.09. The highest BCUT2D eigenvalue weighted by Gasteiger charge is 2.31. The molecule has 27 heavy (non-hydrogen) atoms. The molecule has 10 heteroatoms. The van der Waals surface area contributed by atoms with E-state index >= 15 is 0 Å². The fourth-order valence-corrected chi connectivity index (χ4v) is 2.62. The molecule has 7 nitrogen and oxygen atoms in total. The molecule has 1 N–H and O–H groups in total. The van der Waals surface area contributed by atoms with E-state index in [0.717, 1.165) is 12.3 Å². The zero-order valence-electron chi connectivity index (χ0n) is 14.8. The number of pyridine rings is 1. The van der Waals surface area contributed by atoms with Crippen molar-refractivity contribution in [2.24, 2.45) is 7.05 Å². The number of carbonyl (C=O) groups excluding carboxylic acids is 1. The number of hydrogen-bond acceptors (Lipinski definition) is 4. The topological polar surface area (TPSA) is 77.6 Å². The molecule has 142 valence electrons. The second-order valence-corrected chi connectivity index (χ2v) is 6.24. The monoisotopic (exact) mass is 378 g/mol. The second-order valence-electron chi connectivity index (χ2n) is 6.24. The molecule has 0 aliphatic rings. The maximum atomic E-state index is 12.7. The fourth-order valence-electron chi connectivity index (χ4n) is 2.62. The summed E-state index contributed by atoms with van der Waals surface area (Å²) in [4.78, 5) is 16.4. The number of halogens is 3. The van der Waals surface area contributed by atoms with Crippen LogP contribution in [-0.4, -0.2) is 30.5 Å². The molecule has 0 bridgehead atoms. The Morgan fingerprint density at radius 3 is 2.44 bits per heavy atom. The van der Waals surface area contributed by atoms with Crippen LogP contribution in [0.1, 0.15) is 41.4 Å². The van der Waals surface area contributed by atoms with Crippen LogP contribution in [0.3, 0.4) is 0 Å². The van der Waals surface area contributed by atoms with Crippen molar-refractivity contribution >= 4 is 11.7 Å². The predicted molar refractivity (Wildman–Crippen MR) is 91.6 cm³/mol. The summed E-state index contributed by atoms with van der Waals surface area (Å²) in [6.45, 7) is 3.71. The second kappa shape index (κ2) is 6.86. The molecule has 3 heterocycles. The Balaban J connectivity index is 1.94. The summed E-state index contributed by atoms with van der Waals surface area (Å²) in [5, 5.41) is 10.9. The van der Waals surface area contributed by atoms with E-state index < -0.39 is 17.6 Å². The van der Waals surface area contributed by atoms with Gasteiger partial charge in [-0.2, -0.15) is 23.4 Å². The lowest BCUT2D eigenvalue weighted by molar-refractivity contribution is -0.137. The lowest BCUT2D eigenvalue weighted by atomic mass is 10.1. The minimum Gasteiger partial charge on any atom is -0.305 e. The van der Waals surface area contributed by atoms with Crippen molar-refractivity contribution in [2.75, 3.05) is 5.32 Å². The summed E-state index contributed by atoms with van der Waals surface area (Å²) in [5.74, 6) is 0.0536. The van der Waals surface area contributed by atoms with E-state index in [-0.39, 0.29) is 11.7 Å². The van der Waals surface area contributed by atoms with E-state index in [1.807, 2.05) is 13.8 Å². The van der Waals surface area contributed by atoms with Crippen LogP contribution in [0.2, 0.25) is 0 Å². The lowest BCUT2D eigenvalue weighted by Gasteiger charge is -2.13. The minimum absolute atomic E-state index is 0.124. The fraction of sp³-hybridized carbons (Fsp3) is 0.294. The quantitative estimate of drug-likeness (QED) is 0.755. The molecule has 0 aromatic carbocycles. The standard InChI is InChI=1S/C17H17F3N6O/c1-10(2)15-12(16(27)23-13-6-7-25(3)24-13)9-22-26(15)14-5-4-11(8-21-14)17(18,19)20/h4-10H,1-3H3,(H,23,24,27). The Hall–Kier alpha value is -3.17. The van der Waals surface area contributed by atoms with Crippen LogP contribution >= 0.6 is 0 Å². The molecule has 0 saturated heterocycles. The molecule has 3 rings (SSSR count). The maximum absolute atomic E-state index is 12.7. The van der Waals surface area contributed by atoms with Gasteiger partial charge in [0.05, 0.1) is 23.0 Å². The first-order chi connectivity index (χ1) is 12.7. The number of carbonyl (C=O) groups is 1. The van der Waals surface area contributed by atoms with Gasteiger partial charge in [-0.05, 0) is 18.1 Å². The van der Waals surface area contributed by atoms with Crippen molar-refractivity contribution in [1.29, 1.82) is 0 Å². The zero-order valence-corrected chi connectivity index (χ0v) is 14.8. The molecule has 3 aromatic rings. The minimum atomic E-state index is -4.47. The molecule has 0 radical (unpaired) electrons. The number of aromatic nitrogens is 5. The number of hydrogen-bond donors (Lipinski definition) is 1. The Morgan fingerprint density at radius 1 is 1.19 bits per heavy atom. The van der Waals surface area contributed by atoms with E-state index in [1.165, 1.54) is 16.9 Å². The van der Waals surface area contributed by atoms with Gasteiger partial charge >= 0.3 is 6.18 Å². The number of nitrogens with zero attached hydrogens (tertiary/aromatic N) is 5. The normalized spacial score (nSPS) is 11.8. The highest BCUT2D eigenvalue weighted by Crippen LogP contribution is 2.29. The highest BCUT2D eigenvalue weighted by molar-refractivity contribution is 6.04. The Bertz CT molecular complexity index is 956. The smallest absolute Gasteiger partial charge is 0.305 e. The van der Waals surface area contributed by atoms with Crippen LogP contribution in [0, 0.1) is 0 Å².